The molecule has 0 radical (unpaired) electrons. The summed E-state index contributed by atoms with van der Waals surface area (Å²) in [4.78, 5) is 2.71. The van der Waals surface area contributed by atoms with Crippen molar-refractivity contribution in [3.8, 4) is 0 Å². The van der Waals surface area contributed by atoms with Gasteiger partial charge in [-0.15, -0.1) is 0 Å². The summed E-state index contributed by atoms with van der Waals surface area (Å²) in [5.74, 6) is 0. The van der Waals surface area contributed by atoms with E-state index in [0.29, 0.717) is 6.10 Å². The largest absolute Gasteiger partial charge is 0.381 e. The van der Waals surface area contributed by atoms with Crippen molar-refractivity contribution in [1.29, 1.82) is 0 Å². The maximum atomic E-state index is 5.44. The van der Waals surface area contributed by atoms with Gasteiger partial charge in [-0.1, -0.05) is 6.92 Å². The maximum absolute atomic E-state index is 5.44. The van der Waals surface area contributed by atoms with Crippen molar-refractivity contribution >= 4 is 0 Å². The predicted octanol–water partition coefficient (Wildman–Crippen LogP) is 2.02. The SMILES string of the molecule is CCNC1CCC(N2CCC(OC)CC2)CC1. The minimum Gasteiger partial charge on any atom is -0.381 e. The van der Waals surface area contributed by atoms with E-state index in [2.05, 4.69) is 17.1 Å². The highest BCUT2D eigenvalue weighted by atomic mass is 16.5. The molecule has 1 aliphatic carbocycles. The first-order valence-corrected chi connectivity index (χ1v) is 7.33. The van der Waals surface area contributed by atoms with Crippen LogP contribution in [0.1, 0.15) is 45.4 Å². The number of ether oxygens (including phenoxy) is 1. The number of methoxy groups -OCH3 is 1. The zero-order chi connectivity index (χ0) is 12.1. The van der Waals surface area contributed by atoms with Crippen LogP contribution in [-0.4, -0.2) is 49.8 Å². The van der Waals surface area contributed by atoms with Gasteiger partial charge in [0.1, 0.15) is 0 Å². The van der Waals surface area contributed by atoms with E-state index in [9.17, 15) is 0 Å². The Morgan fingerprint density at radius 3 is 2.24 bits per heavy atom. The van der Waals surface area contributed by atoms with Crippen molar-refractivity contribution in [2.24, 2.45) is 0 Å². The topological polar surface area (TPSA) is 24.5 Å². The molecule has 0 aromatic heterocycles. The molecule has 0 atom stereocenters. The second-order valence-electron chi connectivity index (χ2n) is 5.53. The van der Waals surface area contributed by atoms with E-state index in [1.807, 2.05) is 7.11 Å². The van der Waals surface area contributed by atoms with Gasteiger partial charge in [-0.05, 0) is 45.1 Å². The van der Waals surface area contributed by atoms with Gasteiger partial charge in [-0.2, -0.15) is 0 Å². The Hall–Kier alpha value is -0.120. The second-order valence-corrected chi connectivity index (χ2v) is 5.53. The average molecular weight is 240 g/mol. The van der Waals surface area contributed by atoms with E-state index in [-0.39, 0.29) is 0 Å². The molecule has 2 fully saturated rings. The molecule has 1 saturated heterocycles. The number of likely N-dealkylation sites (tertiary alicyclic amines) is 1. The second kappa shape index (κ2) is 6.72. The summed E-state index contributed by atoms with van der Waals surface area (Å²) in [6.45, 7) is 5.82. The van der Waals surface area contributed by atoms with Gasteiger partial charge in [-0.25, -0.2) is 0 Å². The number of rotatable bonds is 4. The Balaban J connectivity index is 1.70. The minimum atomic E-state index is 0.518. The van der Waals surface area contributed by atoms with E-state index < -0.39 is 0 Å². The molecule has 0 amide bonds. The van der Waals surface area contributed by atoms with Gasteiger partial charge in [0.2, 0.25) is 0 Å². The van der Waals surface area contributed by atoms with Crippen molar-refractivity contribution in [2.45, 2.75) is 63.6 Å². The molecule has 0 unspecified atom stereocenters. The molecule has 100 valence electrons. The van der Waals surface area contributed by atoms with E-state index in [1.165, 1.54) is 51.6 Å². The van der Waals surface area contributed by atoms with E-state index in [1.54, 1.807) is 0 Å². The number of piperidine rings is 1. The fraction of sp³-hybridized carbons (Fsp3) is 1.00. The van der Waals surface area contributed by atoms with Crippen molar-refractivity contribution in [3.05, 3.63) is 0 Å². The van der Waals surface area contributed by atoms with Gasteiger partial charge in [0.15, 0.2) is 0 Å². The summed E-state index contributed by atoms with van der Waals surface area (Å²) >= 11 is 0. The molecule has 0 aromatic rings. The Morgan fingerprint density at radius 2 is 1.71 bits per heavy atom. The molecule has 3 nitrogen and oxygen atoms in total. The first kappa shape index (κ1) is 13.3. The quantitative estimate of drug-likeness (QED) is 0.813. The summed E-state index contributed by atoms with van der Waals surface area (Å²) in [6.07, 6.45) is 8.47. The molecular weight excluding hydrogens is 212 g/mol. The normalized spacial score (nSPS) is 32.8. The standard InChI is InChI=1S/C14H28N2O/c1-3-15-12-4-6-13(7-5-12)16-10-8-14(17-2)9-11-16/h12-15H,3-11H2,1-2H3. The first-order valence-electron chi connectivity index (χ1n) is 7.33. The summed E-state index contributed by atoms with van der Waals surface area (Å²) in [5, 5.41) is 3.59. The fourth-order valence-corrected chi connectivity index (χ4v) is 3.41. The third kappa shape index (κ3) is 3.67. The van der Waals surface area contributed by atoms with Crippen LogP contribution in [-0.2, 0) is 4.74 Å². The summed E-state index contributed by atoms with van der Waals surface area (Å²) in [6, 6.07) is 1.63. The molecule has 1 N–H and O–H groups in total. The van der Waals surface area contributed by atoms with Gasteiger partial charge in [0.05, 0.1) is 6.10 Å². The van der Waals surface area contributed by atoms with Crippen molar-refractivity contribution in [2.75, 3.05) is 26.7 Å². The van der Waals surface area contributed by atoms with E-state index in [4.69, 9.17) is 4.74 Å². The Labute approximate surface area is 106 Å². The molecule has 1 heterocycles. The lowest BCUT2D eigenvalue weighted by atomic mass is 9.89. The lowest BCUT2D eigenvalue weighted by molar-refractivity contribution is 0.0194. The molecule has 0 bridgehead atoms. The number of nitrogens with one attached hydrogen (secondary N) is 1. The average Bonchev–Trinajstić information content (AvgIpc) is 2.40. The Kier molecular flexibility index (Phi) is 5.26. The monoisotopic (exact) mass is 240 g/mol. The van der Waals surface area contributed by atoms with Crippen molar-refractivity contribution in [1.82, 2.24) is 10.2 Å². The Bertz CT molecular complexity index is 206. The maximum Gasteiger partial charge on any atom is 0.0595 e. The van der Waals surface area contributed by atoms with Crippen LogP contribution in [0.2, 0.25) is 0 Å². The highest BCUT2D eigenvalue weighted by molar-refractivity contribution is 4.85. The van der Waals surface area contributed by atoms with E-state index in [0.717, 1.165) is 18.6 Å². The molecule has 17 heavy (non-hydrogen) atoms. The predicted molar refractivity (Wildman–Crippen MR) is 71.3 cm³/mol. The number of hydrogen-bond donors (Lipinski definition) is 1. The first-order chi connectivity index (χ1) is 8.33. The Morgan fingerprint density at radius 1 is 1.06 bits per heavy atom. The van der Waals surface area contributed by atoms with Crippen molar-refractivity contribution < 1.29 is 4.74 Å². The molecule has 0 spiro atoms. The fourth-order valence-electron chi connectivity index (χ4n) is 3.41. The van der Waals surface area contributed by atoms with Crippen molar-refractivity contribution in [3.63, 3.8) is 0 Å². The molecule has 1 saturated carbocycles. The smallest absolute Gasteiger partial charge is 0.0595 e. The summed E-state index contributed by atoms with van der Waals surface area (Å²) < 4.78 is 5.44. The highest BCUT2D eigenvalue weighted by Gasteiger charge is 2.28. The molecule has 1 aliphatic heterocycles. The third-order valence-corrected chi connectivity index (χ3v) is 4.52. The zero-order valence-corrected chi connectivity index (χ0v) is 11.5. The minimum absolute atomic E-state index is 0.518. The number of hydrogen-bond acceptors (Lipinski definition) is 3. The van der Waals surface area contributed by atoms with Crippen LogP contribution >= 0.6 is 0 Å². The third-order valence-electron chi connectivity index (χ3n) is 4.52. The van der Waals surface area contributed by atoms with Crippen LogP contribution < -0.4 is 5.32 Å². The van der Waals surface area contributed by atoms with Gasteiger partial charge >= 0.3 is 0 Å². The van der Waals surface area contributed by atoms with Gasteiger partial charge in [0.25, 0.3) is 0 Å². The lowest BCUT2D eigenvalue weighted by Gasteiger charge is -2.40. The van der Waals surface area contributed by atoms with E-state index >= 15 is 0 Å². The summed E-state index contributed by atoms with van der Waals surface area (Å²) in [5.41, 5.74) is 0. The van der Waals surface area contributed by atoms with Crippen LogP contribution in [0.25, 0.3) is 0 Å². The van der Waals surface area contributed by atoms with Gasteiger partial charge < -0.3 is 15.0 Å². The molecule has 0 aromatic carbocycles. The summed E-state index contributed by atoms with van der Waals surface area (Å²) in [7, 11) is 1.85. The van der Waals surface area contributed by atoms with Gasteiger partial charge in [0, 0.05) is 32.3 Å². The van der Waals surface area contributed by atoms with Crippen LogP contribution in [0, 0.1) is 0 Å². The lowest BCUT2D eigenvalue weighted by Crippen LogP contribution is -2.46. The van der Waals surface area contributed by atoms with Crippen LogP contribution in [0.15, 0.2) is 0 Å². The molecule has 2 rings (SSSR count). The number of nitrogens with zero attached hydrogens (tertiary/aromatic N) is 1. The molecule has 2 aliphatic rings. The molecular formula is C14H28N2O. The van der Waals surface area contributed by atoms with Crippen LogP contribution in [0.3, 0.4) is 0 Å². The van der Waals surface area contributed by atoms with Crippen LogP contribution in [0.5, 0.6) is 0 Å². The highest BCUT2D eigenvalue weighted by Crippen LogP contribution is 2.26. The molecule has 3 heteroatoms. The van der Waals surface area contributed by atoms with Crippen LogP contribution in [0.4, 0.5) is 0 Å². The van der Waals surface area contributed by atoms with Gasteiger partial charge in [-0.3, -0.25) is 0 Å². The zero-order valence-electron chi connectivity index (χ0n) is 11.5.